The summed E-state index contributed by atoms with van der Waals surface area (Å²) in [5.74, 6) is -0.557. The van der Waals surface area contributed by atoms with Crippen molar-refractivity contribution in [2.75, 3.05) is 11.2 Å². The van der Waals surface area contributed by atoms with Gasteiger partial charge in [-0.3, -0.25) is 10.7 Å². The molecule has 0 saturated carbocycles. The fraction of sp³-hybridized carbons (Fsp3) is 0.455. The number of benzene rings is 2. The summed E-state index contributed by atoms with van der Waals surface area (Å²) in [6, 6.07) is 14.3. The predicted molar refractivity (Wildman–Crippen MR) is 110 cm³/mol. The maximum absolute atomic E-state index is 13.4. The molecule has 3 atom stereocenters. The summed E-state index contributed by atoms with van der Waals surface area (Å²) >= 11 is 0. The normalized spacial score (nSPS) is 26.3. The van der Waals surface area contributed by atoms with Crippen LogP contribution in [-0.2, 0) is 9.84 Å². The van der Waals surface area contributed by atoms with Crippen molar-refractivity contribution in [3.63, 3.8) is 0 Å². The topological polar surface area (TPSA) is 86.6 Å². The molecule has 152 valence electrons. The van der Waals surface area contributed by atoms with E-state index < -0.39 is 27.3 Å². The van der Waals surface area contributed by atoms with Crippen molar-refractivity contribution in [3.8, 4) is 0 Å². The standard InChI is InChI=1S/C22H29NO4S/c1-3-5-13-22(4-2)15-28(26,27)19-12-11-17(23-25)14-18(19)20(21(22)24)16-9-7-6-8-10-16/h6-12,14,20-21,23-25H,3-5,13,15H2,1-2H3/t20-,21?,22+/m0/s1. The third kappa shape index (κ3) is 3.69. The Morgan fingerprint density at radius 3 is 2.46 bits per heavy atom. The Balaban J connectivity index is 2.29. The lowest BCUT2D eigenvalue weighted by Crippen LogP contribution is -2.42. The van der Waals surface area contributed by atoms with Gasteiger partial charge in [-0.2, -0.15) is 0 Å². The average Bonchev–Trinajstić information content (AvgIpc) is 2.78. The van der Waals surface area contributed by atoms with Crippen LogP contribution in [0, 0.1) is 5.41 Å². The van der Waals surface area contributed by atoms with Crippen LogP contribution in [0.5, 0.6) is 0 Å². The molecule has 2 aromatic carbocycles. The molecular formula is C22H29NO4S. The van der Waals surface area contributed by atoms with Crippen molar-refractivity contribution in [3.05, 3.63) is 59.7 Å². The number of sulfone groups is 1. The van der Waals surface area contributed by atoms with Crippen LogP contribution in [0.25, 0.3) is 0 Å². The van der Waals surface area contributed by atoms with E-state index in [1.54, 1.807) is 12.1 Å². The van der Waals surface area contributed by atoms with Crippen LogP contribution in [0.1, 0.15) is 56.6 Å². The van der Waals surface area contributed by atoms with E-state index in [2.05, 4.69) is 12.4 Å². The Labute approximate surface area is 167 Å². The van der Waals surface area contributed by atoms with Crippen LogP contribution >= 0.6 is 0 Å². The quantitative estimate of drug-likeness (QED) is 0.624. The van der Waals surface area contributed by atoms with Gasteiger partial charge in [-0.25, -0.2) is 8.42 Å². The van der Waals surface area contributed by atoms with Crippen molar-refractivity contribution in [1.82, 2.24) is 0 Å². The number of hydrogen-bond acceptors (Lipinski definition) is 5. The number of rotatable bonds is 6. The van der Waals surface area contributed by atoms with Crippen LogP contribution in [0.2, 0.25) is 0 Å². The highest BCUT2D eigenvalue weighted by molar-refractivity contribution is 7.91. The second-order valence-corrected chi connectivity index (χ2v) is 9.73. The lowest BCUT2D eigenvalue weighted by atomic mass is 9.69. The highest BCUT2D eigenvalue weighted by atomic mass is 32.2. The third-order valence-electron chi connectivity index (χ3n) is 6.12. The van der Waals surface area contributed by atoms with E-state index in [1.807, 2.05) is 37.3 Å². The molecule has 1 unspecified atom stereocenters. The minimum atomic E-state index is -3.60. The maximum Gasteiger partial charge on any atom is 0.179 e. The molecule has 0 aromatic heterocycles. The van der Waals surface area contributed by atoms with Crippen molar-refractivity contribution < 1.29 is 18.7 Å². The van der Waals surface area contributed by atoms with Crippen molar-refractivity contribution in [2.45, 2.75) is 56.4 Å². The largest absolute Gasteiger partial charge is 0.392 e. The summed E-state index contributed by atoms with van der Waals surface area (Å²) in [7, 11) is -3.60. The van der Waals surface area contributed by atoms with Gasteiger partial charge in [0.25, 0.3) is 0 Å². The molecule has 0 radical (unpaired) electrons. The molecule has 5 nitrogen and oxygen atoms in total. The van der Waals surface area contributed by atoms with E-state index in [1.165, 1.54) is 6.07 Å². The molecule has 1 aliphatic heterocycles. The monoisotopic (exact) mass is 403 g/mol. The van der Waals surface area contributed by atoms with Gasteiger partial charge in [0.05, 0.1) is 22.4 Å². The Morgan fingerprint density at radius 2 is 1.86 bits per heavy atom. The molecule has 0 spiro atoms. The maximum atomic E-state index is 13.4. The lowest BCUT2D eigenvalue weighted by Gasteiger charge is -2.39. The predicted octanol–water partition coefficient (Wildman–Crippen LogP) is 4.35. The molecule has 0 aliphatic carbocycles. The van der Waals surface area contributed by atoms with E-state index in [9.17, 15) is 18.7 Å². The number of nitrogens with one attached hydrogen (secondary N) is 1. The first kappa shape index (κ1) is 20.8. The molecular weight excluding hydrogens is 374 g/mol. The third-order valence-corrected chi connectivity index (χ3v) is 8.12. The van der Waals surface area contributed by atoms with E-state index in [4.69, 9.17) is 0 Å². The van der Waals surface area contributed by atoms with Gasteiger partial charge in [0.15, 0.2) is 9.84 Å². The molecule has 3 N–H and O–H groups in total. The summed E-state index contributed by atoms with van der Waals surface area (Å²) in [4.78, 5) is 0.242. The van der Waals surface area contributed by atoms with Gasteiger partial charge in [0.2, 0.25) is 0 Å². The molecule has 1 heterocycles. The Bertz CT molecular complexity index is 913. The summed E-state index contributed by atoms with van der Waals surface area (Å²) in [5.41, 5.74) is 3.19. The Morgan fingerprint density at radius 1 is 1.14 bits per heavy atom. The SMILES string of the molecule is CCCC[C@]1(CC)CS(=O)(=O)c2ccc(NO)cc2[C@H](c2ccccc2)C1O. The molecule has 0 saturated heterocycles. The smallest absolute Gasteiger partial charge is 0.179 e. The number of aliphatic hydroxyl groups excluding tert-OH is 1. The molecule has 3 rings (SSSR count). The number of unbranched alkanes of at least 4 members (excludes halogenated alkanes) is 1. The zero-order chi connectivity index (χ0) is 20.4. The zero-order valence-corrected chi connectivity index (χ0v) is 17.2. The first-order valence-electron chi connectivity index (χ1n) is 9.88. The van der Waals surface area contributed by atoms with Gasteiger partial charge in [0.1, 0.15) is 0 Å². The number of aliphatic hydroxyl groups is 1. The van der Waals surface area contributed by atoms with E-state index in [0.717, 1.165) is 18.4 Å². The van der Waals surface area contributed by atoms with Crippen LogP contribution in [-0.4, -0.2) is 30.6 Å². The number of fused-ring (bicyclic) bond motifs is 1. The number of hydrogen-bond donors (Lipinski definition) is 3. The minimum Gasteiger partial charge on any atom is -0.392 e. The Kier molecular flexibility index (Phi) is 6.12. The number of anilines is 1. The summed E-state index contributed by atoms with van der Waals surface area (Å²) in [6.07, 6.45) is 2.19. The molecule has 28 heavy (non-hydrogen) atoms. The molecule has 0 amide bonds. The van der Waals surface area contributed by atoms with Crippen molar-refractivity contribution >= 4 is 15.5 Å². The molecule has 2 aromatic rings. The highest BCUT2D eigenvalue weighted by Crippen LogP contribution is 2.49. The summed E-state index contributed by atoms with van der Waals surface area (Å²) < 4.78 is 26.7. The highest BCUT2D eigenvalue weighted by Gasteiger charge is 2.48. The van der Waals surface area contributed by atoms with Gasteiger partial charge < -0.3 is 5.11 Å². The first-order valence-corrected chi connectivity index (χ1v) is 11.5. The van der Waals surface area contributed by atoms with E-state index >= 15 is 0 Å². The van der Waals surface area contributed by atoms with Crippen LogP contribution < -0.4 is 5.48 Å². The van der Waals surface area contributed by atoms with Crippen molar-refractivity contribution in [2.24, 2.45) is 5.41 Å². The van der Waals surface area contributed by atoms with Gasteiger partial charge in [-0.05, 0) is 42.2 Å². The molecule has 0 fully saturated rings. The van der Waals surface area contributed by atoms with Gasteiger partial charge in [0, 0.05) is 11.3 Å². The summed E-state index contributed by atoms with van der Waals surface area (Å²) in [6.45, 7) is 4.04. The minimum absolute atomic E-state index is 0.0695. The van der Waals surface area contributed by atoms with Crippen molar-refractivity contribution in [1.29, 1.82) is 0 Å². The molecule has 6 heteroatoms. The average molecular weight is 404 g/mol. The first-order chi connectivity index (χ1) is 13.4. The fourth-order valence-electron chi connectivity index (χ4n) is 4.47. The van der Waals surface area contributed by atoms with Crippen LogP contribution in [0.3, 0.4) is 0 Å². The Hall–Kier alpha value is -1.89. The van der Waals surface area contributed by atoms with E-state index in [0.29, 0.717) is 24.1 Å². The molecule has 0 bridgehead atoms. The van der Waals surface area contributed by atoms with Crippen LogP contribution in [0.15, 0.2) is 53.4 Å². The van der Waals surface area contributed by atoms with Gasteiger partial charge >= 0.3 is 0 Å². The lowest BCUT2D eigenvalue weighted by molar-refractivity contribution is 0.0174. The van der Waals surface area contributed by atoms with E-state index in [-0.39, 0.29) is 10.6 Å². The van der Waals surface area contributed by atoms with Gasteiger partial charge in [-0.15, -0.1) is 0 Å². The molecule has 1 aliphatic rings. The fourth-order valence-corrected chi connectivity index (χ4v) is 6.72. The summed E-state index contributed by atoms with van der Waals surface area (Å²) in [5, 5.41) is 21.0. The van der Waals surface area contributed by atoms with Crippen LogP contribution in [0.4, 0.5) is 5.69 Å². The second kappa shape index (κ2) is 8.23. The second-order valence-electron chi connectivity index (χ2n) is 7.78. The zero-order valence-electron chi connectivity index (χ0n) is 16.4. The van der Waals surface area contributed by atoms with Gasteiger partial charge in [-0.1, -0.05) is 57.0 Å².